The monoisotopic (exact) mass is 905 g/mol. The molecule has 4 amide bonds. The number of carbonyl (C=O) groups is 5. The number of nitrogens with zero attached hydrogens (tertiary/aromatic N) is 8. The molecular formula is C43H37F6N9O7. The average molecular weight is 906 g/mol. The summed E-state index contributed by atoms with van der Waals surface area (Å²) in [6.45, 7) is 7.23. The van der Waals surface area contributed by atoms with Crippen LogP contribution in [-0.2, 0) is 21.9 Å². The third kappa shape index (κ3) is 8.04. The van der Waals surface area contributed by atoms with Crippen LogP contribution in [0.25, 0.3) is 11.5 Å². The number of hydrogen-bond acceptors (Lipinski definition) is 10. The highest BCUT2D eigenvalue weighted by molar-refractivity contribution is 6.10. The molecule has 0 aliphatic carbocycles. The Morgan fingerprint density at radius 3 is 1.58 bits per heavy atom. The van der Waals surface area contributed by atoms with Gasteiger partial charge in [-0.1, -0.05) is 12.1 Å². The van der Waals surface area contributed by atoms with E-state index in [-0.39, 0.29) is 45.6 Å². The number of anilines is 2. The molecule has 0 saturated carbocycles. The van der Waals surface area contributed by atoms with Gasteiger partial charge in [-0.2, -0.15) is 31.6 Å². The van der Waals surface area contributed by atoms with Gasteiger partial charge in [0.15, 0.2) is 11.6 Å². The molecule has 4 aromatic rings. The summed E-state index contributed by atoms with van der Waals surface area (Å²) in [6, 6.07) is 3.58. The van der Waals surface area contributed by atoms with Crippen LogP contribution >= 0.6 is 0 Å². The predicted octanol–water partition coefficient (Wildman–Crippen LogP) is 8.61. The molecule has 338 valence electrons. The number of amides is 4. The van der Waals surface area contributed by atoms with Gasteiger partial charge in [0.2, 0.25) is 11.8 Å². The van der Waals surface area contributed by atoms with E-state index in [0.29, 0.717) is 12.1 Å². The van der Waals surface area contributed by atoms with Crippen LogP contribution < -0.4 is 15.5 Å². The molecule has 0 saturated heterocycles. The van der Waals surface area contributed by atoms with Crippen LogP contribution in [-0.4, -0.2) is 74.6 Å². The SMILES string of the molecule is CC(=O)C1=C(C)N(c2cccc(C(F)(F)F)c2)C(=O)N(C)C1c1c(C#N)c(N=C(C)N)c(C(=O)O)c(C2C(C(C)=O)=C(C)N(c3cccc(C(F)(F)F)c3)C(=O)N2C)c1-c1nnc(C)o1. The fourth-order valence-electron chi connectivity index (χ4n) is 8.24. The van der Waals surface area contributed by atoms with Crippen LogP contribution in [0.3, 0.4) is 0 Å². The van der Waals surface area contributed by atoms with Gasteiger partial charge in [0, 0.05) is 54.7 Å². The summed E-state index contributed by atoms with van der Waals surface area (Å²) in [4.78, 5) is 78.7. The first-order valence-corrected chi connectivity index (χ1v) is 19.1. The minimum Gasteiger partial charge on any atom is -0.478 e. The number of amidine groups is 1. The standard InChI is InChI=1S/C43H37F6N9O7/c1-18-29(20(3)59)36(55(7)40(63)57(18)26-13-9-11-24(15-26)42(44,45)46)31-28(17-50)35(52-22(5)51)34(39(61)62)32(33(31)38-54-53-23(6)65-38)37-30(21(4)60)19(2)58(41(64)56(37)8)27-14-10-12-25(16-27)43(47,48)49/h9-16,36-37H,1-8H3,(H2,51,52)(H,61,62). The molecular weight excluding hydrogens is 869 g/mol. The summed E-state index contributed by atoms with van der Waals surface area (Å²) in [5, 5.41) is 30.2. The molecule has 1 aromatic heterocycles. The Hall–Kier alpha value is -7.83. The number of rotatable bonds is 9. The number of alkyl halides is 6. The number of aromatic carboxylic acids is 1. The number of hydrogen-bond donors (Lipinski definition) is 2. The molecule has 0 radical (unpaired) electrons. The van der Waals surface area contributed by atoms with Crippen molar-refractivity contribution in [3.63, 3.8) is 0 Å². The lowest BCUT2D eigenvalue weighted by molar-refractivity contribution is -0.138. The van der Waals surface area contributed by atoms with Gasteiger partial charge in [0.1, 0.15) is 6.07 Å². The molecule has 22 heteroatoms. The lowest BCUT2D eigenvalue weighted by Crippen LogP contribution is -2.50. The Morgan fingerprint density at radius 1 is 0.785 bits per heavy atom. The molecule has 0 bridgehead atoms. The summed E-state index contributed by atoms with van der Waals surface area (Å²) in [7, 11) is 2.28. The van der Waals surface area contributed by atoms with Crippen LogP contribution in [0.15, 0.2) is 80.5 Å². The van der Waals surface area contributed by atoms with Crippen molar-refractivity contribution in [2.24, 2.45) is 10.7 Å². The van der Waals surface area contributed by atoms with Gasteiger partial charge < -0.3 is 25.1 Å². The number of aromatic nitrogens is 2. The summed E-state index contributed by atoms with van der Waals surface area (Å²) in [6.07, 6.45) is -9.69. The Balaban J connectivity index is 1.83. The first kappa shape index (κ1) is 46.7. The van der Waals surface area contributed by atoms with E-state index in [4.69, 9.17) is 10.2 Å². The van der Waals surface area contributed by atoms with E-state index in [2.05, 4.69) is 15.2 Å². The molecule has 2 unspecified atom stereocenters. The van der Waals surface area contributed by atoms with Crippen LogP contribution in [0.4, 0.5) is 53.0 Å². The second-order valence-electron chi connectivity index (χ2n) is 15.1. The number of nitriles is 1. The molecule has 65 heavy (non-hydrogen) atoms. The van der Waals surface area contributed by atoms with E-state index >= 15 is 0 Å². The molecule has 2 aliphatic rings. The van der Waals surface area contributed by atoms with Gasteiger partial charge in [0.25, 0.3) is 0 Å². The van der Waals surface area contributed by atoms with Gasteiger partial charge in [-0.05, 0) is 71.0 Å². The van der Waals surface area contributed by atoms with E-state index in [1.165, 1.54) is 39.8 Å². The summed E-state index contributed by atoms with van der Waals surface area (Å²) in [5.74, 6) is -4.45. The Labute approximate surface area is 365 Å². The van der Waals surface area contributed by atoms with E-state index in [9.17, 15) is 60.7 Å². The van der Waals surface area contributed by atoms with Crippen LogP contribution in [0.2, 0.25) is 0 Å². The zero-order valence-corrected chi connectivity index (χ0v) is 35.6. The van der Waals surface area contributed by atoms with Crippen molar-refractivity contribution in [1.29, 1.82) is 5.26 Å². The second-order valence-corrected chi connectivity index (χ2v) is 15.1. The van der Waals surface area contributed by atoms with Crippen LogP contribution in [0, 0.1) is 18.3 Å². The number of carboxylic acid groups (broad SMARTS) is 1. The highest BCUT2D eigenvalue weighted by Gasteiger charge is 2.49. The lowest BCUT2D eigenvalue weighted by Gasteiger charge is -2.44. The van der Waals surface area contributed by atoms with Crippen molar-refractivity contribution in [2.75, 3.05) is 23.9 Å². The predicted molar refractivity (Wildman–Crippen MR) is 220 cm³/mol. The van der Waals surface area contributed by atoms with Gasteiger partial charge in [-0.25, -0.2) is 19.4 Å². The number of aliphatic imine (C=N–C) groups is 1. The molecule has 3 aromatic carbocycles. The largest absolute Gasteiger partial charge is 0.478 e. The maximum Gasteiger partial charge on any atom is 0.416 e. The minimum atomic E-state index is -4.85. The molecule has 6 rings (SSSR count). The summed E-state index contributed by atoms with van der Waals surface area (Å²) < 4.78 is 89.5. The van der Waals surface area contributed by atoms with Gasteiger partial charge in [0.05, 0.1) is 62.8 Å². The normalized spacial score (nSPS) is 17.6. The first-order valence-electron chi connectivity index (χ1n) is 19.1. The molecule has 3 N–H and O–H groups in total. The fraction of sp³-hybridized carbons (Fsp3) is 0.279. The quantitative estimate of drug-likeness (QED) is 0.0920. The Morgan fingerprint density at radius 2 is 1.23 bits per heavy atom. The van der Waals surface area contributed by atoms with Crippen molar-refractivity contribution in [1.82, 2.24) is 20.0 Å². The number of nitrogens with two attached hydrogens (primary N) is 1. The van der Waals surface area contributed by atoms with Crippen molar-refractivity contribution < 1.29 is 59.8 Å². The number of benzene rings is 3. The maximum atomic E-state index is 14.6. The van der Waals surface area contributed by atoms with E-state index < -0.39 is 105 Å². The number of ketones is 2. The number of carboxylic acids is 1. The third-order valence-corrected chi connectivity index (χ3v) is 10.8. The smallest absolute Gasteiger partial charge is 0.416 e. The Kier molecular flexibility index (Phi) is 12.0. The topological polar surface area (TPSA) is 220 Å². The van der Waals surface area contributed by atoms with Gasteiger partial charge in [-0.3, -0.25) is 19.4 Å². The van der Waals surface area contributed by atoms with Crippen molar-refractivity contribution in [3.8, 4) is 17.5 Å². The molecule has 3 heterocycles. The van der Waals surface area contributed by atoms with E-state index in [1.807, 2.05) is 6.07 Å². The van der Waals surface area contributed by atoms with Crippen LogP contribution in [0.1, 0.15) is 90.8 Å². The van der Waals surface area contributed by atoms with Crippen LogP contribution in [0.5, 0.6) is 0 Å². The van der Waals surface area contributed by atoms with E-state index in [0.717, 1.165) is 71.8 Å². The number of halogens is 6. The fourth-order valence-corrected chi connectivity index (χ4v) is 8.24. The lowest BCUT2D eigenvalue weighted by atomic mass is 9.77. The van der Waals surface area contributed by atoms with E-state index in [1.54, 1.807) is 0 Å². The zero-order chi connectivity index (χ0) is 48.4. The van der Waals surface area contributed by atoms with Crippen molar-refractivity contribution >= 4 is 52.5 Å². The highest BCUT2D eigenvalue weighted by atomic mass is 19.4. The third-order valence-electron chi connectivity index (χ3n) is 10.8. The van der Waals surface area contributed by atoms with Crippen molar-refractivity contribution in [3.05, 3.63) is 110 Å². The zero-order valence-electron chi connectivity index (χ0n) is 35.6. The number of Topliss-reactive ketones (excluding diaryl/α,β-unsaturated/α-hetero) is 2. The number of urea groups is 2. The number of likely N-dealkylation sites (N-methyl/N-ethyl adjacent to an activating group) is 2. The summed E-state index contributed by atoms with van der Waals surface area (Å²) >= 11 is 0. The number of aryl methyl sites for hydroxylation is 1. The second kappa shape index (κ2) is 16.7. The van der Waals surface area contributed by atoms with Gasteiger partial charge in [-0.15, -0.1) is 10.2 Å². The van der Waals surface area contributed by atoms with Crippen molar-refractivity contribution in [2.45, 2.75) is 66.0 Å². The summed E-state index contributed by atoms with van der Waals surface area (Å²) in [5.41, 5.74) is -1.58. The number of carbonyl (C=O) groups excluding carboxylic acids is 4. The highest BCUT2D eigenvalue weighted by Crippen LogP contribution is 2.53. The molecule has 0 spiro atoms. The first-order chi connectivity index (χ1) is 30.2. The van der Waals surface area contributed by atoms with Gasteiger partial charge >= 0.3 is 30.4 Å². The molecule has 0 fully saturated rings. The minimum absolute atomic E-state index is 0.142. The molecule has 16 nitrogen and oxygen atoms in total. The average Bonchev–Trinajstić information content (AvgIpc) is 3.64. The Bertz CT molecular complexity index is 2870. The molecule has 2 atom stereocenters. The molecule has 2 aliphatic heterocycles. The maximum absolute atomic E-state index is 14.6. The number of allylic oxidation sites excluding steroid dienone is 2.